The van der Waals surface area contributed by atoms with Gasteiger partial charge in [-0.3, -0.25) is 0 Å². The maximum Gasteiger partial charge on any atom is 0.274 e. The molecule has 0 spiro atoms. The molecule has 0 aliphatic rings. The van der Waals surface area contributed by atoms with Crippen molar-refractivity contribution in [3.63, 3.8) is 0 Å². The van der Waals surface area contributed by atoms with Crippen LogP contribution in [0.4, 0.5) is 8.78 Å². The van der Waals surface area contributed by atoms with Gasteiger partial charge in [0, 0.05) is 12.1 Å². The standard InChI is InChI=1S/C20H23F2NO2S/c1-4-15(3)19(20(21)22)18-8-6-5-7-16(18)13-23-26(24,25)17-11-9-14(2)10-12-17/h5-12,15,23H,4,13H2,1-3H3. The number of halogens is 2. The van der Waals surface area contributed by atoms with Gasteiger partial charge in [-0.1, -0.05) is 55.8 Å². The van der Waals surface area contributed by atoms with E-state index in [9.17, 15) is 17.2 Å². The van der Waals surface area contributed by atoms with Gasteiger partial charge in [0.05, 0.1) is 4.90 Å². The second-order valence-corrected chi connectivity index (χ2v) is 8.05. The molecule has 3 nitrogen and oxygen atoms in total. The van der Waals surface area contributed by atoms with E-state index in [0.29, 0.717) is 17.5 Å². The van der Waals surface area contributed by atoms with Crippen molar-refractivity contribution in [2.75, 3.05) is 0 Å². The fraction of sp³-hybridized carbons (Fsp3) is 0.300. The van der Waals surface area contributed by atoms with E-state index in [0.717, 1.165) is 5.56 Å². The van der Waals surface area contributed by atoms with Crippen LogP contribution >= 0.6 is 0 Å². The topological polar surface area (TPSA) is 46.2 Å². The van der Waals surface area contributed by atoms with Gasteiger partial charge in [0.15, 0.2) is 0 Å². The molecule has 26 heavy (non-hydrogen) atoms. The molecule has 0 fully saturated rings. The maximum absolute atomic E-state index is 13.5. The molecule has 1 N–H and O–H groups in total. The SMILES string of the molecule is CCC(C)C(=C(F)F)c1ccccc1CNS(=O)(=O)c1ccc(C)cc1. The van der Waals surface area contributed by atoms with Crippen molar-refractivity contribution in [3.8, 4) is 0 Å². The Bertz CT molecular complexity index is 886. The number of rotatable bonds is 7. The van der Waals surface area contributed by atoms with Crippen molar-refractivity contribution in [1.29, 1.82) is 0 Å². The molecule has 0 saturated heterocycles. The van der Waals surface area contributed by atoms with E-state index in [1.165, 1.54) is 12.1 Å². The third-order valence-corrected chi connectivity index (χ3v) is 5.82. The van der Waals surface area contributed by atoms with Crippen molar-refractivity contribution in [3.05, 3.63) is 71.3 Å². The Balaban J connectivity index is 2.31. The van der Waals surface area contributed by atoms with Crippen molar-refractivity contribution in [2.45, 2.75) is 38.6 Å². The smallest absolute Gasteiger partial charge is 0.207 e. The molecule has 0 amide bonds. The number of allylic oxidation sites excluding steroid dienone is 1. The summed E-state index contributed by atoms with van der Waals surface area (Å²) in [5.74, 6) is -0.324. The van der Waals surface area contributed by atoms with Crippen LogP contribution in [-0.2, 0) is 16.6 Å². The van der Waals surface area contributed by atoms with Gasteiger partial charge in [-0.25, -0.2) is 13.1 Å². The first-order chi connectivity index (χ1) is 12.3. The summed E-state index contributed by atoms with van der Waals surface area (Å²) in [4.78, 5) is 0.148. The minimum absolute atomic E-state index is 0.0300. The van der Waals surface area contributed by atoms with Crippen LogP contribution in [0.15, 0.2) is 59.5 Å². The molecule has 0 aliphatic carbocycles. The lowest BCUT2D eigenvalue weighted by molar-refractivity contribution is 0.417. The molecule has 2 aromatic rings. The predicted octanol–water partition coefficient (Wildman–Crippen LogP) is 5.13. The van der Waals surface area contributed by atoms with Gasteiger partial charge in [0.1, 0.15) is 0 Å². The average molecular weight is 379 g/mol. The van der Waals surface area contributed by atoms with E-state index < -0.39 is 16.1 Å². The number of aryl methyl sites for hydroxylation is 1. The predicted molar refractivity (Wildman–Crippen MR) is 100 cm³/mol. The van der Waals surface area contributed by atoms with Crippen LogP contribution in [0.25, 0.3) is 5.57 Å². The van der Waals surface area contributed by atoms with E-state index >= 15 is 0 Å². The van der Waals surface area contributed by atoms with E-state index in [-0.39, 0.29) is 22.9 Å². The van der Waals surface area contributed by atoms with Crippen LogP contribution in [0, 0.1) is 12.8 Å². The summed E-state index contributed by atoms with van der Waals surface area (Å²) in [6.07, 6.45) is -1.16. The van der Waals surface area contributed by atoms with Crippen LogP contribution in [0.3, 0.4) is 0 Å². The highest BCUT2D eigenvalue weighted by atomic mass is 32.2. The molecular formula is C20H23F2NO2S. The number of benzene rings is 2. The van der Waals surface area contributed by atoms with Gasteiger partial charge < -0.3 is 0 Å². The normalized spacial score (nSPS) is 12.7. The fourth-order valence-corrected chi connectivity index (χ4v) is 3.67. The van der Waals surface area contributed by atoms with E-state index in [1.54, 1.807) is 43.3 Å². The summed E-state index contributed by atoms with van der Waals surface area (Å²) in [7, 11) is -3.72. The highest BCUT2D eigenvalue weighted by Crippen LogP contribution is 2.32. The molecule has 140 valence electrons. The molecule has 2 rings (SSSR count). The van der Waals surface area contributed by atoms with E-state index in [1.807, 2.05) is 13.8 Å². The van der Waals surface area contributed by atoms with Gasteiger partial charge >= 0.3 is 0 Å². The van der Waals surface area contributed by atoms with Crippen LogP contribution in [-0.4, -0.2) is 8.42 Å². The summed E-state index contributed by atoms with van der Waals surface area (Å²) < 4.78 is 54.4. The highest BCUT2D eigenvalue weighted by molar-refractivity contribution is 7.89. The molecule has 1 atom stereocenters. The number of hydrogen-bond acceptors (Lipinski definition) is 2. The third kappa shape index (κ3) is 4.77. The molecule has 2 aromatic carbocycles. The first-order valence-electron chi connectivity index (χ1n) is 8.46. The molecule has 0 aliphatic heterocycles. The summed E-state index contributed by atoms with van der Waals surface area (Å²) in [6.45, 7) is 5.39. The number of sulfonamides is 1. The molecule has 0 bridgehead atoms. The van der Waals surface area contributed by atoms with Gasteiger partial charge in [0.25, 0.3) is 6.08 Å². The zero-order chi connectivity index (χ0) is 19.3. The summed E-state index contributed by atoms with van der Waals surface area (Å²) in [5.41, 5.74) is 1.83. The maximum atomic E-state index is 13.5. The zero-order valence-corrected chi connectivity index (χ0v) is 15.9. The molecule has 1 unspecified atom stereocenters. The Hall–Kier alpha value is -2.05. The Morgan fingerprint density at radius 3 is 2.27 bits per heavy atom. The van der Waals surface area contributed by atoms with Crippen LogP contribution in [0.5, 0.6) is 0 Å². The lowest BCUT2D eigenvalue weighted by Gasteiger charge is -2.17. The van der Waals surface area contributed by atoms with Crippen LogP contribution < -0.4 is 4.72 Å². The Kier molecular flexibility index (Phi) is 6.67. The van der Waals surface area contributed by atoms with Crippen LogP contribution in [0.2, 0.25) is 0 Å². The molecule has 0 radical (unpaired) electrons. The largest absolute Gasteiger partial charge is 0.274 e. The van der Waals surface area contributed by atoms with E-state index in [2.05, 4.69) is 4.72 Å². The Labute approximate surface area is 153 Å². The Morgan fingerprint density at radius 1 is 1.08 bits per heavy atom. The van der Waals surface area contributed by atoms with Crippen molar-refractivity contribution in [1.82, 2.24) is 4.72 Å². The molecule has 0 saturated carbocycles. The van der Waals surface area contributed by atoms with Gasteiger partial charge in [-0.05, 0) is 42.5 Å². The number of nitrogens with one attached hydrogen (secondary N) is 1. The molecule has 0 aromatic heterocycles. The second kappa shape index (κ2) is 8.56. The van der Waals surface area contributed by atoms with Gasteiger partial charge in [-0.2, -0.15) is 8.78 Å². The Morgan fingerprint density at radius 2 is 1.69 bits per heavy atom. The lowest BCUT2D eigenvalue weighted by atomic mass is 9.90. The lowest BCUT2D eigenvalue weighted by Crippen LogP contribution is -2.24. The van der Waals surface area contributed by atoms with Crippen molar-refractivity contribution >= 4 is 15.6 Å². The monoisotopic (exact) mass is 379 g/mol. The average Bonchev–Trinajstić information content (AvgIpc) is 2.61. The summed E-state index contributed by atoms with van der Waals surface area (Å²) in [6, 6.07) is 13.1. The number of hydrogen-bond donors (Lipinski definition) is 1. The van der Waals surface area contributed by atoms with Crippen molar-refractivity contribution in [2.24, 2.45) is 5.92 Å². The molecule has 0 heterocycles. The fourth-order valence-electron chi connectivity index (χ4n) is 2.67. The first-order valence-corrected chi connectivity index (χ1v) is 9.94. The minimum Gasteiger partial charge on any atom is -0.207 e. The molecule has 6 heteroatoms. The summed E-state index contributed by atoms with van der Waals surface area (Å²) >= 11 is 0. The van der Waals surface area contributed by atoms with Crippen LogP contribution in [0.1, 0.15) is 37.0 Å². The minimum atomic E-state index is -3.72. The zero-order valence-electron chi connectivity index (χ0n) is 15.1. The van der Waals surface area contributed by atoms with E-state index in [4.69, 9.17) is 0 Å². The van der Waals surface area contributed by atoms with Crippen molar-refractivity contribution < 1.29 is 17.2 Å². The highest BCUT2D eigenvalue weighted by Gasteiger charge is 2.20. The van der Waals surface area contributed by atoms with Gasteiger partial charge in [0.2, 0.25) is 10.0 Å². The molecular weight excluding hydrogens is 356 g/mol. The third-order valence-electron chi connectivity index (χ3n) is 4.40. The van der Waals surface area contributed by atoms with Gasteiger partial charge in [-0.15, -0.1) is 0 Å². The summed E-state index contributed by atoms with van der Waals surface area (Å²) in [5, 5.41) is 0. The first kappa shape index (κ1) is 20.3. The quantitative estimate of drug-likeness (QED) is 0.725. The second-order valence-electron chi connectivity index (χ2n) is 6.28.